The van der Waals surface area contributed by atoms with Crippen molar-refractivity contribution in [1.29, 1.82) is 0 Å². The van der Waals surface area contributed by atoms with Crippen LogP contribution in [-0.2, 0) is 0 Å². The van der Waals surface area contributed by atoms with E-state index in [1.807, 2.05) is 0 Å². The lowest BCUT2D eigenvalue weighted by atomic mass is 10.0. The third-order valence-electron chi connectivity index (χ3n) is 6.13. The fraction of sp³-hybridized carbons (Fsp3) is 0.957. The van der Waals surface area contributed by atoms with Crippen molar-refractivity contribution in [2.45, 2.75) is 136 Å². The zero-order chi connectivity index (χ0) is 21.3. The van der Waals surface area contributed by atoms with E-state index in [1.54, 1.807) is 0 Å². The lowest BCUT2D eigenvalue weighted by Crippen LogP contribution is -2.65. The molecule has 0 heterocycles. The standard InChI is InChI=1S/C23H48N2O3/c1-4-5-6-7-8-9-10-11-12-13-14-15-16-17-18-19-20-25(21(2)26,22(3)27)23(24)28/h21-22,26-27H,4-20H2,1-3H3,(H-,24,28)/p+1. The quantitative estimate of drug-likeness (QED) is 0.145. The summed E-state index contributed by atoms with van der Waals surface area (Å²) in [6.07, 6.45) is 18.7. The van der Waals surface area contributed by atoms with E-state index in [2.05, 4.69) is 6.92 Å². The maximum Gasteiger partial charge on any atom is 0.418 e. The number of aliphatic hydroxyl groups is 2. The van der Waals surface area contributed by atoms with Gasteiger partial charge in [0.1, 0.15) is 0 Å². The van der Waals surface area contributed by atoms with E-state index in [-0.39, 0.29) is 0 Å². The van der Waals surface area contributed by atoms with Crippen LogP contribution in [0.1, 0.15) is 124 Å². The molecule has 2 atom stereocenters. The Morgan fingerprint density at radius 3 is 1.21 bits per heavy atom. The number of nitrogens with two attached hydrogens (primary N) is 1. The topological polar surface area (TPSA) is 83.6 Å². The Balaban J connectivity index is 3.56. The van der Waals surface area contributed by atoms with Crippen LogP contribution in [-0.4, -0.2) is 39.7 Å². The number of aliphatic hydroxyl groups excluding tert-OH is 2. The average Bonchev–Trinajstić information content (AvgIpc) is 2.63. The summed E-state index contributed by atoms with van der Waals surface area (Å²) in [6, 6.07) is -0.661. The van der Waals surface area contributed by atoms with Crippen molar-refractivity contribution < 1.29 is 19.5 Å². The highest BCUT2D eigenvalue weighted by atomic mass is 16.3. The molecule has 0 saturated heterocycles. The zero-order valence-corrected chi connectivity index (χ0v) is 19.0. The van der Waals surface area contributed by atoms with Crippen molar-refractivity contribution in [2.24, 2.45) is 5.73 Å². The maximum atomic E-state index is 11.8. The third-order valence-corrected chi connectivity index (χ3v) is 6.13. The minimum Gasteiger partial charge on any atom is -0.344 e. The summed E-state index contributed by atoms with van der Waals surface area (Å²) >= 11 is 0. The van der Waals surface area contributed by atoms with Gasteiger partial charge in [0, 0.05) is 13.8 Å². The second-order valence-corrected chi connectivity index (χ2v) is 8.56. The van der Waals surface area contributed by atoms with E-state index in [4.69, 9.17) is 5.73 Å². The smallest absolute Gasteiger partial charge is 0.344 e. The van der Waals surface area contributed by atoms with Crippen molar-refractivity contribution in [2.75, 3.05) is 6.54 Å². The van der Waals surface area contributed by atoms with Crippen LogP contribution in [0.4, 0.5) is 4.79 Å². The van der Waals surface area contributed by atoms with Crippen molar-refractivity contribution in [1.82, 2.24) is 0 Å². The molecule has 5 nitrogen and oxygen atoms in total. The molecule has 0 aromatic carbocycles. The Kier molecular flexibility index (Phi) is 16.8. The van der Waals surface area contributed by atoms with Gasteiger partial charge in [0.15, 0.2) is 12.5 Å². The lowest BCUT2D eigenvalue weighted by molar-refractivity contribution is -0.937. The van der Waals surface area contributed by atoms with Crippen LogP contribution < -0.4 is 5.73 Å². The molecule has 0 radical (unpaired) electrons. The molecule has 28 heavy (non-hydrogen) atoms. The Bertz CT molecular complexity index is 365. The molecule has 4 N–H and O–H groups in total. The normalized spacial score (nSPS) is 15.9. The fourth-order valence-electron chi connectivity index (χ4n) is 4.09. The first-order chi connectivity index (χ1) is 13.4. The van der Waals surface area contributed by atoms with Crippen LogP contribution in [0.3, 0.4) is 0 Å². The molecular formula is C23H49N2O3+. The van der Waals surface area contributed by atoms with E-state index in [9.17, 15) is 15.0 Å². The van der Waals surface area contributed by atoms with Crippen LogP contribution in [0.15, 0.2) is 0 Å². The van der Waals surface area contributed by atoms with Gasteiger partial charge in [-0.15, -0.1) is 0 Å². The molecule has 0 aliphatic rings. The molecule has 0 fully saturated rings. The number of carbonyl (C=O) groups is 1. The van der Waals surface area contributed by atoms with Gasteiger partial charge in [-0.2, -0.15) is 4.48 Å². The number of primary amides is 1. The zero-order valence-electron chi connectivity index (χ0n) is 19.0. The van der Waals surface area contributed by atoms with E-state index < -0.39 is 23.0 Å². The van der Waals surface area contributed by atoms with Gasteiger partial charge in [-0.3, -0.25) is 0 Å². The lowest BCUT2D eigenvalue weighted by Gasteiger charge is -2.38. The summed E-state index contributed by atoms with van der Waals surface area (Å²) in [7, 11) is 0. The highest BCUT2D eigenvalue weighted by Crippen LogP contribution is 2.20. The van der Waals surface area contributed by atoms with Crippen LogP contribution in [0, 0.1) is 0 Å². The van der Waals surface area contributed by atoms with Crippen LogP contribution in [0.25, 0.3) is 0 Å². The van der Waals surface area contributed by atoms with Gasteiger partial charge in [-0.05, 0) is 12.8 Å². The number of rotatable bonds is 19. The van der Waals surface area contributed by atoms with E-state index in [0.29, 0.717) is 6.54 Å². The monoisotopic (exact) mass is 401 g/mol. The minimum absolute atomic E-state index is 0.392. The predicted octanol–water partition coefficient (Wildman–Crippen LogP) is 5.82. The van der Waals surface area contributed by atoms with Crippen LogP contribution in [0.2, 0.25) is 0 Å². The number of hydrogen-bond acceptors (Lipinski definition) is 3. The molecule has 0 saturated carbocycles. The molecule has 0 aromatic heterocycles. The minimum atomic E-state index is -0.992. The number of hydrogen-bond donors (Lipinski definition) is 3. The van der Waals surface area contributed by atoms with E-state index >= 15 is 0 Å². The van der Waals surface area contributed by atoms with Crippen molar-refractivity contribution >= 4 is 6.03 Å². The highest BCUT2D eigenvalue weighted by Gasteiger charge is 2.43. The van der Waals surface area contributed by atoms with E-state index in [1.165, 1.54) is 97.3 Å². The number of nitrogens with zero attached hydrogens (tertiary/aromatic N) is 1. The number of urea groups is 1. The molecule has 2 amide bonds. The average molecular weight is 402 g/mol. The van der Waals surface area contributed by atoms with Crippen molar-refractivity contribution in [3.05, 3.63) is 0 Å². The molecule has 0 spiro atoms. The van der Waals surface area contributed by atoms with Gasteiger partial charge in [0.2, 0.25) is 0 Å². The molecular weight excluding hydrogens is 352 g/mol. The number of carbonyl (C=O) groups excluding carboxylic acids is 1. The number of quaternary nitrogens is 1. The van der Waals surface area contributed by atoms with Crippen LogP contribution in [0.5, 0.6) is 0 Å². The second-order valence-electron chi connectivity index (χ2n) is 8.56. The van der Waals surface area contributed by atoms with Gasteiger partial charge < -0.3 is 15.9 Å². The number of unbranched alkanes of at least 4 members (excludes halogenated alkanes) is 15. The fourth-order valence-corrected chi connectivity index (χ4v) is 4.09. The predicted molar refractivity (Wildman–Crippen MR) is 118 cm³/mol. The Morgan fingerprint density at radius 1 is 0.679 bits per heavy atom. The molecule has 0 aromatic rings. The third kappa shape index (κ3) is 11.4. The summed E-state index contributed by atoms with van der Waals surface area (Å²) in [5, 5.41) is 19.9. The van der Waals surface area contributed by atoms with E-state index in [0.717, 1.165) is 19.3 Å². The molecule has 2 unspecified atom stereocenters. The van der Waals surface area contributed by atoms with Crippen molar-refractivity contribution in [3.8, 4) is 0 Å². The highest BCUT2D eigenvalue weighted by molar-refractivity contribution is 5.64. The molecule has 0 rings (SSSR count). The van der Waals surface area contributed by atoms with Crippen LogP contribution >= 0.6 is 0 Å². The molecule has 0 bridgehead atoms. The second kappa shape index (κ2) is 17.2. The van der Waals surface area contributed by atoms with Gasteiger partial charge in [0.05, 0.1) is 6.54 Å². The first-order valence-electron chi connectivity index (χ1n) is 11.9. The largest absolute Gasteiger partial charge is 0.418 e. The molecule has 0 aliphatic heterocycles. The SMILES string of the molecule is CCCCCCCCCCCCCCCCCC[N+](C(N)=O)(C(C)O)C(C)O. The van der Waals surface area contributed by atoms with Gasteiger partial charge in [0.25, 0.3) is 0 Å². The first-order valence-corrected chi connectivity index (χ1v) is 11.9. The molecule has 5 heteroatoms. The van der Waals surface area contributed by atoms with Gasteiger partial charge >= 0.3 is 6.03 Å². The van der Waals surface area contributed by atoms with Gasteiger partial charge in [-0.1, -0.05) is 96.8 Å². The Hall–Kier alpha value is -0.650. The maximum absolute atomic E-state index is 11.8. The Labute approximate surface area is 174 Å². The summed E-state index contributed by atoms with van der Waals surface area (Å²) in [5.41, 5.74) is 5.45. The first kappa shape index (κ1) is 27.4. The summed E-state index contributed by atoms with van der Waals surface area (Å²) in [6.45, 7) is 5.69. The van der Waals surface area contributed by atoms with Crippen molar-refractivity contribution in [3.63, 3.8) is 0 Å². The summed E-state index contributed by atoms with van der Waals surface area (Å²) in [4.78, 5) is 11.8. The Morgan fingerprint density at radius 2 is 0.964 bits per heavy atom. The number of amides is 2. The molecule has 0 aliphatic carbocycles. The van der Waals surface area contributed by atoms with Gasteiger partial charge in [-0.25, -0.2) is 4.79 Å². The summed E-state index contributed by atoms with van der Waals surface area (Å²) < 4.78 is -0.460. The molecule has 168 valence electrons. The summed E-state index contributed by atoms with van der Waals surface area (Å²) in [5.74, 6) is 0.